The molecule has 16 heavy (non-hydrogen) atoms. The maximum Gasteiger partial charge on any atom is 0.0195 e. The van der Waals surface area contributed by atoms with Crippen molar-refractivity contribution in [3.05, 3.63) is 12.2 Å². The monoisotopic (exact) mass is 224 g/mol. The molecule has 0 bridgehead atoms. The van der Waals surface area contributed by atoms with Crippen LogP contribution in [0.5, 0.6) is 0 Å². The minimum absolute atomic E-state index is 0.711. The van der Waals surface area contributed by atoms with Crippen molar-refractivity contribution in [2.75, 3.05) is 26.2 Å². The highest BCUT2D eigenvalue weighted by Gasteiger charge is 2.18. The Kier molecular flexibility index (Phi) is 6.07. The van der Waals surface area contributed by atoms with Crippen molar-refractivity contribution in [2.24, 2.45) is 5.92 Å². The van der Waals surface area contributed by atoms with E-state index in [0.717, 1.165) is 18.9 Å². The van der Waals surface area contributed by atoms with Gasteiger partial charge >= 0.3 is 0 Å². The summed E-state index contributed by atoms with van der Waals surface area (Å²) in [4.78, 5) is 2.57. The highest BCUT2D eigenvalue weighted by Crippen LogP contribution is 2.11. The molecule has 1 rings (SSSR count). The average molecular weight is 224 g/mol. The van der Waals surface area contributed by atoms with Crippen LogP contribution in [0.25, 0.3) is 0 Å². The smallest absolute Gasteiger partial charge is 0.0195 e. The van der Waals surface area contributed by atoms with Crippen molar-refractivity contribution in [3.8, 4) is 0 Å². The van der Waals surface area contributed by atoms with Crippen molar-refractivity contribution in [1.82, 2.24) is 10.2 Å². The second kappa shape index (κ2) is 7.08. The number of hydrogen-bond donors (Lipinski definition) is 1. The second-order valence-electron chi connectivity index (χ2n) is 5.48. The first-order valence-corrected chi connectivity index (χ1v) is 6.74. The van der Waals surface area contributed by atoms with E-state index >= 15 is 0 Å². The predicted octanol–water partition coefficient (Wildman–Crippen LogP) is 2.66. The van der Waals surface area contributed by atoms with Crippen LogP contribution in [0.4, 0.5) is 0 Å². The summed E-state index contributed by atoms with van der Waals surface area (Å²) >= 11 is 0. The van der Waals surface area contributed by atoms with E-state index in [4.69, 9.17) is 0 Å². The zero-order chi connectivity index (χ0) is 12.0. The Balaban J connectivity index is 2.38. The maximum absolute atomic E-state index is 4.13. The standard InChI is InChI=1S/C14H28N2/c1-5-13(4)10-16(9-12(2)3)11-14-7-6-8-15-14/h12,14-15H,4-11H2,1-3H3. The third-order valence-corrected chi connectivity index (χ3v) is 3.21. The lowest BCUT2D eigenvalue weighted by atomic mass is 10.1. The van der Waals surface area contributed by atoms with Crippen molar-refractivity contribution < 1.29 is 0 Å². The lowest BCUT2D eigenvalue weighted by Gasteiger charge is -2.27. The Morgan fingerprint density at radius 3 is 2.75 bits per heavy atom. The Labute approximate surface area is 101 Å². The summed E-state index contributed by atoms with van der Waals surface area (Å²) in [6.07, 6.45) is 3.79. The van der Waals surface area contributed by atoms with Crippen molar-refractivity contribution in [1.29, 1.82) is 0 Å². The highest BCUT2D eigenvalue weighted by atomic mass is 15.2. The molecule has 1 heterocycles. The van der Waals surface area contributed by atoms with Gasteiger partial charge in [-0.3, -0.25) is 4.90 Å². The normalized spacial score (nSPS) is 20.9. The van der Waals surface area contributed by atoms with E-state index in [0.29, 0.717) is 6.04 Å². The molecule has 1 N–H and O–H groups in total. The summed E-state index contributed by atoms with van der Waals surface area (Å²) in [5, 5.41) is 3.58. The number of hydrogen-bond acceptors (Lipinski definition) is 2. The van der Waals surface area contributed by atoms with Gasteiger partial charge in [0.2, 0.25) is 0 Å². The molecular formula is C14H28N2. The van der Waals surface area contributed by atoms with Gasteiger partial charge in [0.25, 0.3) is 0 Å². The minimum Gasteiger partial charge on any atom is -0.313 e. The van der Waals surface area contributed by atoms with Gasteiger partial charge in [-0.1, -0.05) is 32.9 Å². The van der Waals surface area contributed by atoms with Crippen LogP contribution in [0.2, 0.25) is 0 Å². The first-order chi connectivity index (χ1) is 7.61. The van der Waals surface area contributed by atoms with E-state index in [1.54, 1.807) is 0 Å². The molecule has 2 nitrogen and oxygen atoms in total. The molecule has 0 spiro atoms. The third-order valence-electron chi connectivity index (χ3n) is 3.21. The quantitative estimate of drug-likeness (QED) is 0.669. The Bertz CT molecular complexity index is 205. The first kappa shape index (κ1) is 13.7. The Hall–Kier alpha value is -0.340. The van der Waals surface area contributed by atoms with Gasteiger partial charge in [-0.05, 0) is 31.7 Å². The largest absolute Gasteiger partial charge is 0.313 e. The molecule has 0 aromatic rings. The van der Waals surface area contributed by atoms with Crippen LogP contribution in [0.1, 0.15) is 40.0 Å². The van der Waals surface area contributed by atoms with Crippen LogP contribution in [0, 0.1) is 5.92 Å². The van der Waals surface area contributed by atoms with Crippen molar-refractivity contribution in [2.45, 2.75) is 46.1 Å². The molecule has 0 radical (unpaired) electrons. The lowest BCUT2D eigenvalue weighted by molar-refractivity contribution is 0.240. The van der Waals surface area contributed by atoms with Crippen LogP contribution in [-0.2, 0) is 0 Å². The molecule has 1 aliphatic rings. The van der Waals surface area contributed by atoms with E-state index in [2.05, 4.69) is 37.6 Å². The molecule has 0 aliphatic carbocycles. The SMILES string of the molecule is C=C(CC)CN(CC(C)C)CC1CCCN1. The van der Waals surface area contributed by atoms with Crippen LogP contribution in [-0.4, -0.2) is 37.1 Å². The van der Waals surface area contributed by atoms with Crippen molar-refractivity contribution in [3.63, 3.8) is 0 Å². The van der Waals surface area contributed by atoms with Gasteiger partial charge in [-0.2, -0.15) is 0 Å². The molecule has 1 saturated heterocycles. The summed E-state index contributed by atoms with van der Waals surface area (Å²) in [5.41, 5.74) is 1.36. The number of rotatable bonds is 7. The molecular weight excluding hydrogens is 196 g/mol. The molecule has 2 heteroatoms. The molecule has 1 atom stereocenters. The second-order valence-corrected chi connectivity index (χ2v) is 5.48. The maximum atomic E-state index is 4.13. The molecule has 0 aromatic carbocycles. The van der Waals surface area contributed by atoms with Crippen LogP contribution >= 0.6 is 0 Å². The van der Waals surface area contributed by atoms with Gasteiger partial charge in [0.05, 0.1) is 0 Å². The molecule has 1 fully saturated rings. The van der Waals surface area contributed by atoms with E-state index < -0.39 is 0 Å². The molecule has 1 unspecified atom stereocenters. The molecule has 94 valence electrons. The number of nitrogens with one attached hydrogen (secondary N) is 1. The van der Waals surface area contributed by atoms with Crippen LogP contribution < -0.4 is 5.32 Å². The summed E-state index contributed by atoms with van der Waals surface area (Å²) in [6.45, 7) is 15.6. The fourth-order valence-electron chi connectivity index (χ4n) is 2.37. The van der Waals surface area contributed by atoms with E-state index in [9.17, 15) is 0 Å². The zero-order valence-corrected chi connectivity index (χ0v) is 11.3. The fourth-order valence-corrected chi connectivity index (χ4v) is 2.37. The summed E-state index contributed by atoms with van der Waals surface area (Å²) in [7, 11) is 0. The number of nitrogens with zero attached hydrogens (tertiary/aromatic N) is 1. The molecule has 1 aliphatic heterocycles. The third kappa shape index (κ3) is 5.13. The summed E-state index contributed by atoms with van der Waals surface area (Å²) < 4.78 is 0. The Morgan fingerprint density at radius 2 is 2.25 bits per heavy atom. The van der Waals surface area contributed by atoms with E-state index in [1.807, 2.05) is 0 Å². The minimum atomic E-state index is 0.711. The van der Waals surface area contributed by atoms with Gasteiger partial charge in [0, 0.05) is 25.7 Å². The van der Waals surface area contributed by atoms with Gasteiger partial charge in [0.15, 0.2) is 0 Å². The Morgan fingerprint density at radius 1 is 1.50 bits per heavy atom. The summed E-state index contributed by atoms with van der Waals surface area (Å²) in [5.74, 6) is 0.742. The topological polar surface area (TPSA) is 15.3 Å². The van der Waals surface area contributed by atoms with Gasteiger partial charge in [-0.15, -0.1) is 0 Å². The first-order valence-electron chi connectivity index (χ1n) is 6.74. The van der Waals surface area contributed by atoms with E-state index in [-0.39, 0.29) is 0 Å². The van der Waals surface area contributed by atoms with Crippen LogP contribution in [0.3, 0.4) is 0 Å². The lowest BCUT2D eigenvalue weighted by Crippen LogP contribution is -2.40. The van der Waals surface area contributed by atoms with E-state index in [1.165, 1.54) is 38.0 Å². The average Bonchev–Trinajstić information content (AvgIpc) is 2.69. The predicted molar refractivity (Wildman–Crippen MR) is 71.7 cm³/mol. The van der Waals surface area contributed by atoms with Gasteiger partial charge < -0.3 is 5.32 Å². The highest BCUT2D eigenvalue weighted by molar-refractivity contribution is 4.96. The van der Waals surface area contributed by atoms with Crippen molar-refractivity contribution >= 4 is 0 Å². The fraction of sp³-hybridized carbons (Fsp3) is 0.857. The molecule has 0 aromatic heterocycles. The molecule has 0 saturated carbocycles. The molecule has 0 amide bonds. The van der Waals surface area contributed by atoms with Gasteiger partial charge in [-0.25, -0.2) is 0 Å². The van der Waals surface area contributed by atoms with Gasteiger partial charge in [0.1, 0.15) is 0 Å². The zero-order valence-electron chi connectivity index (χ0n) is 11.3. The summed E-state index contributed by atoms with van der Waals surface area (Å²) in [6, 6.07) is 0.711. The van der Waals surface area contributed by atoms with Crippen LogP contribution in [0.15, 0.2) is 12.2 Å².